The van der Waals surface area contributed by atoms with Crippen molar-refractivity contribution in [3.8, 4) is 5.88 Å². The second-order valence-electron chi connectivity index (χ2n) is 3.15. The van der Waals surface area contributed by atoms with Crippen LogP contribution in [0.15, 0.2) is 30.9 Å². The number of methoxy groups -OCH3 is 1. The van der Waals surface area contributed by atoms with E-state index >= 15 is 0 Å². The van der Waals surface area contributed by atoms with Crippen LogP contribution in [0.5, 0.6) is 5.88 Å². The molecule has 0 radical (unpaired) electrons. The summed E-state index contributed by atoms with van der Waals surface area (Å²) in [5.74, 6) is 0.459. The lowest BCUT2D eigenvalue weighted by Crippen LogP contribution is -2.14. The molecule has 0 saturated heterocycles. The van der Waals surface area contributed by atoms with Crippen LogP contribution in [-0.4, -0.2) is 27.3 Å². The zero-order chi connectivity index (χ0) is 11.4. The highest BCUT2D eigenvalue weighted by atomic mass is 16.5. The first kappa shape index (κ1) is 10.4. The minimum absolute atomic E-state index is 0.375. The average Bonchev–Trinajstić information content (AvgIpc) is 2.39. The molecule has 2 N–H and O–H groups in total. The van der Waals surface area contributed by atoms with Crippen molar-refractivity contribution in [3.05, 3.63) is 42.1 Å². The van der Waals surface area contributed by atoms with Gasteiger partial charge in [-0.1, -0.05) is 0 Å². The molecule has 0 aliphatic carbocycles. The Kier molecular flexibility index (Phi) is 3.02. The first-order chi connectivity index (χ1) is 7.81. The lowest BCUT2D eigenvalue weighted by atomic mass is 10.1. The number of ether oxygens (including phenoxy) is 1. The molecule has 2 heterocycles. The largest absolute Gasteiger partial charge is 0.480 e. The predicted octanol–water partition coefficient (Wildman–Crippen LogP) is 0.323. The van der Waals surface area contributed by atoms with Gasteiger partial charge in [-0.3, -0.25) is 0 Å². The number of rotatable bonds is 3. The summed E-state index contributed by atoms with van der Waals surface area (Å²) < 4.78 is 4.92. The van der Waals surface area contributed by atoms with Crippen molar-refractivity contribution in [2.45, 2.75) is 6.04 Å². The van der Waals surface area contributed by atoms with Crippen LogP contribution in [0.3, 0.4) is 0 Å². The number of nitrogens with two attached hydrogens (primary N) is 1. The average molecular weight is 217 g/mol. The van der Waals surface area contributed by atoms with Gasteiger partial charge >= 0.3 is 0 Å². The Hall–Kier alpha value is -2.08. The third kappa shape index (κ3) is 2.12. The van der Waals surface area contributed by atoms with Gasteiger partial charge in [-0.2, -0.15) is 0 Å². The molecule has 6 nitrogen and oxygen atoms in total. The van der Waals surface area contributed by atoms with Gasteiger partial charge in [0, 0.05) is 24.0 Å². The van der Waals surface area contributed by atoms with Crippen LogP contribution in [0, 0.1) is 0 Å². The van der Waals surface area contributed by atoms with Crippen LogP contribution < -0.4 is 10.5 Å². The van der Waals surface area contributed by atoms with Gasteiger partial charge in [0.25, 0.3) is 0 Å². The molecule has 1 atom stereocenters. The third-order valence-corrected chi connectivity index (χ3v) is 2.13. The lowest BCUT2D eigenvalue weighted by Gasteiger charge is -2.09. The monoisotopic (exact) mass is 217 g/mol. The van der Waals surface area contributed by atoms with Gasteiger partial charge in [0.1, 0.15) is 6.33 Å². The van der Waals surface area contributed by atoms with Gasteiger partial charge in [-0.15, -0.1) is 10.2 Å². The second kappa shape index (κ2) is 4.63. The van der Waals surface area contributed by atoms with E-state index in [0.717, 1.165) is 5.56 Å². The summed E-state index contributed by atoms with van der Waals surface area (Å²) in [6.07, 6.45) is 4.77. The summed E-state index contributed by atoms with van der Waals surface area (Å²) in [6, 6.07) is 3.11. The van der Waals surface area contributed by atoms with Crippen molar-refractivity contribution in [1.29, 1.82) is 0 Å². The van der Waals surface area contributed by atoms with E-state index in [1.165, 1.54) is 13.4 Å². The van der Waals surface area contributed by atoms with Crippen molar-refractivity contribution < 1.29 is 4.74 Å². The van der Waals surface area contributed by atoms with Gasteiger partial charge in [0.05, 0.1) is 18.8 Å². The SMILES string of the molecule is COc1ccc(C(N)c2cncnc2)nn1. The molecule has 0 amide bonds. The molecule has 0 aliphatic heterocycles. The van der Waals surface area contributed by atoms with Gasteiger partial charge < -0.3 is 10.5 Å². The first-order valence-electron chi connectivity index (χ1n) is 4.69. The molecule has 82 valence electrons. The molecule has 16 heavy (non-hydrogen) atoms. The molecular weight excluding hydrogens is 206 g/mol. The van der Waals surface area contributed by atoms with Crippen LogP contribution in [0.25, 0.3) is 0 Å². The Labute approximate surface area is 92.5 Å². The molecule has 2 aromatic heterocycles. The molecule has 0 saturated carbocycles. The van der Waals surface area contributed by atoms with Crippen LogP contribution in [0.4, 0.5) is 0 Å². The molecule has 0 aromatic carbocycles. The maximum Gasteiger partial charge on any atom is 0.233 e. The smallest absolute Gasteiger partial charge is 0.233 e. The van der Waals surface area contributed by atoms with Crippen LogP contribution in [-0.2, 0) is 0 Å². The highest BCUT2D eigenvalue weighted by molar-refractivity contribution is 5.23. The summed E-state index contributed by atoms with van der Waals surface area (Å²) in [6.45, 7) is 0. The molecule has 2 rings (SSSR count). The molecule has 0 fully saturated rings. The van der Waals surface area contributed by atoms with Crippen molar-refractivity contribution in [2.24, 2.45) is 5.73 Å². The van der Waals surface area contributed by atoms with Gasteiger partial charge in [-0.05, 0) is 6.07 Å². The van der Waals surface area contributed by atoms with E-state index in [9.17, 15) is 0 Å². The van der Waals surface area contributed by atoms with Crippen LogP contribution >= 0.6 is 0 Å². The topological polar surface area (TPSA) is 86.8 Å². The van der Waals surface area contributed by atoms with Crippen molar-refractivity contribution in [2.75, 3.05) is 7.11 Å². The summed E-state index contributed by atoms with van der Waals surface area (Å²) >= 11 is 0. The van der Waals surface area contributed by atoms with E-state index in [1.807, 2.05) is 0 Å². The fourth-order valence-electron chi connectivity index (χ4n) is 1.25. The van der Waals surface area contributed by atoms with E-state index in [1.54, 1.807) is 24.5 Å². The standard InChI is InChI=1S/C10H11N5O/c1-16-9-3-2-8(14-15-9)10(11)7-4-12-6-13-5-7/h2-6,10H,11H2,1H3. The minimum atomic E-state index is -0.375. The van der Waals surface area contributed by atoms with Crippen LogP contribution in [0.1, 0.15) is 17.3 Å². The Morgan fingerprint density at radius 2 is 1.94 bits per heavy atom. The first-order valence-corrected chi connectivity index (χ1v) is 4.69. The van der Waals surface area contributed by atoms with Gasteiger partial charge in [-0.25, -0.2) is 9.97 Å². The molecule has 0 spiro atoms. The summed E-state index contributed by atoms with van der Waals surface area (Å²) in [4.78, 5) is 7.80. The minimum Gasteiger partial charge on any atom is -0.480 e. The van der Waals surface area contributed by atoms with E-state index < -0.39 is 0 Å². The fraction of sp³-hybridized carbons (Fsp3) is 0.200. The van der Waals surface area contributed by atoms with Gasteiger partial charge in [0.15, 0.2) is 0 Å². The number of aromatic nitrogens is 4. The normalized spacial score (nSPS) is 12.1. The second-order valence-corrected chi connectivity index (χ2v) is 3.15. The number of hydrogen-bond acceptors (Lipinski definition) is 6. The molecule has 6 heteroatoms. The Morgan fingerprint density at radius 1 is 1.19 bits per heavy atom. The summed E-state index contributed by atoms with van der Waals surface area (Å²) in [5, 5.41) is 7.82. The van der Waals surface area contributed by atoms with E-state index in [-0.39, 0.29) is 6.04 Å². The number of hydrogen-bond donors (Lipinski definition) is 1. The molecule has 2 aromatic rings. The molecule has 1 unspecified atom stereocenters. The quantitative estimate of drug-likeness (QED) is 0.796. The van der Waals surface area contributed by atoms with E-state index in [2.05, 4.69) is 20.2 Å². The zero-order valence-corrected chi connectivity index (χ0v) is 8.74. The summed E-state index contributed by atoms with van der Waals surface area (Å²) in [7, 11) is 1.54. The fourth-order valence-corrected chi connectivity index (χ4v) is 1.25. The Bertz CT molecular complexity index is 445. The Balaban J connectivity index is 2.24. The van der Waals surface area contributed by atoms with Crippen molar-refractivity contribution >= 4 is 0 Å². The van der Waals surface area contributed by atoms with Gasteiger partial charge in [0.2, 0.25) is 5.88 Å². The summed E-state index contributed by atoms with van der Waals surface area (Å²) in [5.41, 5.74) is 7.43. The molecular formula is C10H11N5O. The third-order valence-electron chi connectivity index (χ3n) is 2.13. The van der Waals surface area contributed by atoms with E-state index in [4.69, 9.17) is 10.5 Å². The van der Waals surface area contributed by atoms with Crippen LogP contribution in [0.2, 0.25) is 0 Å². The zero-order valence-electron chi connectivity index (χ0n) is 8.74. The number of nitrogens with zero attached hydrogens (tertiary/aromatic N) is 4. The molecule has 0 aliphatic rings. The maximum absolute atomic E-state index is 5.98. The Morgan fingerprint density at radius 3 is 2.50 bits per heavy atom. The lowest BCUT2D eigenvalue weighted by molar-refractivity contribution is 0.390. The highest BCUT2D eigenvalue weighted by Crippen LogP contribution is 2.16. The maximum atomic E-state index is 5.98. The van der Waals surface area contributed by atoms with Crippen molar-refractivity contribution in [1.82, 2.24) is 20.2 Å². The van der Waals surface area contributed by atoms with Crippen molar-refractivity contribution in [3.63, 3.8) is 0 Å². The molecule has 0 bridgehead atoms. The van der Waals surface area contributed by atoms with E-state index in [0.29, 0.717) is 11.6 Å². The highest BCUT2D eigenvalue weighted by Gasteiger charge is 2.11. The predicted molar refractivity (Wildman–Crippen MR) is 56.6 cm³/mol.